The van der Waals surface area contributed by atoms with Crippen molar-refractivity contribution in [3.8, 4) is 17.0 Å². The van der Waals surface area contributed by atoms with Crippen LogP contribution in [-0.4, -0.2) is 57.4 Å². The largest absolute Gasteiger partial charge is 0.507 e. The van der Waals surface area contributed by atoms with E-state index in [2.05, 4.69) is 10.2 Å². The van der Waals surface area contributed by atoms with Crippen molar-refractivity contribution >= 4 is 11.9 Å². The lowest BCUT2D eigenvalue weighted by molar-refractivity contribution is 0.0599. The predicted molar refractivity (Wildman–Crippen MR) is 113 cm³/mol. The van der Waals surface area contributed by atoms with Gasteiger partial charge in [-0.05, 0) is 48.7 Å². The lowest BCUT2D eigenvalue weighted by Gasteiger charge is -2.26. The Morgan fingerprint density at radius 3 is 2.61 bits per heavy atom. The second-order valence-corrected chi connectivity index (χ2v) is 7.47. The zero-order valence-electron chi connectivity index (χ0n) is 17.3. The Morgan fingerprint density at radius 1 is 1.23 bits per heavy atom. The second-order valence-electron chi connectivity index (χ2n) is 7.47. The Labute approximate surface area is 179 Å². The Balaban J connectivity index is 1.84. The first-order valence-corrected chi connectivity index (χ1v) is 9.94. The van der Waals surface area contributed by atoms with E-state index >= 15 is 0 Å². The summed E-state index contributed by atoms with van der Waals surface area (Å²) in [4.78, 5) is 26.6. The third-order valence-electron chi connectivity index (χ3n) is 5.48. The summed E-state index contributed by atoms with van der Waals surface area (Å²) < 4.78 is 4.76. The normalized spacial score (nSPS) is 15.3. The predicted octanol–water partition coefficient (Wildman–Crippen LogP) is 2.80. The molecule has 31 heavy (non-hydrogen) atoms. The molecule has 3 aromatic rings. The van der Waals surface area contributed by atoms with Crippen LogP contribution in [0.4, 0.5) is 0 Å². The number of carbonyl (C=O) groups excluding carboxylic acids is 2. The van der Waals surface area contributed by atoms with Gasteiger partial charge in [0.25, 0.3) is 5.91 Å². The number of aromatic hydroxyl groups is 1. The van der Waals surface area contributed by atoms with Gasteiger partial charge in [0.1, 0.15) is 17.1 Å². The summed E-state index contributed by atoms with van der Waals surface area (Å²) in [6.07, 6.45) is 0.422. The first kappa shape index (κ1) is 20.6. The molecule has 1 amide bonds. The molecule has 0 bridgehead atoms. The van der Waals surface area contributed by atoms with Gasteiger partial charge >= 0.3 is 5.97 Å². The van der Waals surface area contributed by atoms with Crippen LogP contribution in [0.3, 0.4) is 0 Å². The minimum absolute atomic E-state index is 0.0461. The molecule has 2 heterocycles. The van der Waals surface area contributed by atoms with Gasteiger partial charge in [0.15, 0.2) is 0 Å². The number of nitrogens with zero attached hydrogens (tertiary/aromatic N) is 2. The van der Waals surface area contributed by atoms with Gasteiger partial charge in [-0.15, -0.1) is 0 Å². The molecule has 0 aliphatic carbocycles. The molecule has 0 fully saturated rings. The highest BCUT2D eigenvalue weighted by Gasteiger charge is 2.42. The maximum Gasteiger partial charge on any atom is 0.337 e. The van der Waals surface area contributed by atoms with E-state index < -0.39 is 12.0 Å². The number of aliphatic hydroxyl groups is 1. The number of hydrogen-bond acceptors (Lipinski definition) is 6. The number of hydrogen-bond donors (Lipinski definition) is 3. The average Bonchev–Trinajstić information content (AvgIpc) is 3.31. The third kappa shape index (κ3) is 3.55. The summed E-state index contributed by atoms with van der Waals surface area (Å²) in [5.74, 6) is -0.591. The highest BCUT2D eigenvalue weighted by atomic mass is 16.5. The number of phenolic OH excluding ortho intramolecular Hbond substituents is 1. The molecule has 1 aromatic heterocycles. The molecule has 8 nitrogen and oxygen atoms in total. The van der Waals surface area contributed by atoms with E-state index in [9.17, 15) is 19.8 Å². The number of nitrogens with one attached hydrogen (secondary N) is 1. The number of carbonyl (C=O) groups is 2. The molecule has 4 rings (SSSR count). The highest BCUT2D eigenvalue weighted by Crippen LogP contribution is 2.44. The van der Waals surface area contributed by atoms with Crippen LogP contribution in [0.5, 0.6) is 5.75 Å². The van der Waals surface area contributed by atoms with Gasteiger partial charge in [0.2, 0.25) is 0 Å². The Hall–Kier alpha value is -3.65. The molecular weight excluding hydrogens is 398 g/mol. The van der Waals surface area contributed by atoms with E-state index in [1.165, 1.54) is 7.11 Å². The van der Waals surface area contributed by atoms with Crippen molar-refractivity contribution in [2.45, 2.75) is 19.4 Å². The summed E-state index contributed by atoms with van der Waals surface area (Å²) in [6, 6.07) is 11.7. The van der Waals surface area contributed by atoms with Crippen LogP contribution in [0.15, 0.2) is 42.5 Å². The molecule has 0 saturated heterocycles. The van der Waals surface area contributed by atoms with Crippen LogP contribution in [0.1, 0.15) is 50.0 Å². The fourth-order valence-electron chi connectivity index (χ4n) is 3.98. The van der Waals surface area contributed by atoms with Crippen molar-refractivity contribution in [2.75, 3.05) is 20.3 Å². The third-order valence-corrected chi connectivity index (χ3v) is 5.48. The minimum atomic E-state index is -0.477. The van der Waals surface area contributed by atoms with E-state index in [4.69, 9.17) is 4.74 Å². The zero-order chi connectivity index (χ0) is 22.1. The minimum Gasteiger partial charge on any atom is -0.507 e. The average molecular weight is 421 g/mol. The SMILES string of the molecule is COC(=O)c1ccc(C2c3c(-c4ccc(C)cc4O)n[nH]c3C(=O)N2CCCO)cc1. The molecule has 1 atom stereocenters. The van der Waals surface area contributed by atoms with Crippen molar-refractivity contribution in [1.82, 2.24) is 15.1 Å². The van der Waals surface area contributed by atoms with Crippen molar-refractivity contribution in [1.29, 1.82) is 0 Å². The second kappa shape index (κ2) is 8.23. The number of methoxy groups -OCH3 is 1. The van der Waals surface area contributed by atoms with Gasteiger partial charge < -0.3 is 19.8 Å². The number of ether oxygens (including phenoxy) is 1. The molecule has 0 spiro atoms. The zero-order valence-corrected chi connectivity index (χ0v) is 17.3. The summed E-state index contributed by atoms with van der Waals surface area (Å²) >= 11 is 0. The van der Waals surface area contributed by atoms with Crippen molar-refractivity contribution in [2.24, 2.45) is 0 Å². The molecule has 1 aliphatic rings. The number of aryl methyl sites for hydroxylation is 1. The van der Waals surface area contributed by atoms with E-state index in [0.29, 0.717) is 41.0 Å². The number of aromatic amines is 1. The van der Waals surface area contributed by atoms with Gasteiger partial charge in [0, 0.05) is 24.3 Å². The summed E-state index contributed by atoms with van der Waals surface area (Å²) in [5, 5.41) is 27.0. The fourth-order valence-corrected chi connectivity index (χ4v) is 3.98. The lowest BCUT2D eigenvalue weighted by Crippen LogP contribution is -2.31. The quantitative estimate of drug-likeness (QED) is 0.527. The van der Waals surface area contributed by atoms with Gasteiger partial charge in [-0.2, -0.15) is 5.10 Å². The smallest absolute Gasteiger partial charge is 0.337 e. The summed E-state index contributed by atoms with van der Waals surface area (Å²) in [6.45, 7) is 2.18. The van der Waals surface area contributed by atoms with Crippen LogP contribution in [0.2, 0.25) is 0 Å². The first-order chi connectivity index (χ1) is 15.0. The van der Waals surface area contributed by atoms with Gasteiger partial charge in [-0.1, -0.05) is 18.2 Å². The standard InChI is InChI=1S/C23H23N3O5/c1-13-4-9-16(17(28)12-13)19-18-20(25-24-19)22(29)26(10-3-11-27)21(18)14-5-7-15(8-6-14)23(30)31-2/h4-9,12,21,27-28H,3,10-11H2,1-2H3,(H,24,25). The Bertz CT molecular complexity index is 1140. The topological polar surface area (TPSA) is 116 Å². The molecule has 1 unspecified atom stereocenters. The monoisotopic (exact) mass is 421 g/mol. The number of rotatable bonds is 6. The molecule has 2 aromatic carbocycles. The molecule has 1 aliphatic heterocycles. The highest BCUT2D eigenvalue weighted by molar-refractivity contribution is 6.00. The Morgan fingerprint density at radius 2 is 1.97 bits per heavy atom. The fraction of sp³-hybridized carbons (Fsp3) is 0.261. The van der Waals surface area contributed by atoms with Crippen molar-refractivity contribution < 1.29 is 24.5 Å². The first-order valence-electron chi connectivity index (χ1n) is 9.94. The maximum atomic E-state index is 13.1. The molecule has 0 radical (unpaired) electrons. The molecular formula is C23H23N3O5. The van der Waals surface area contributed by atoms with Crippen LogP contribution < -0.4 is 0 Å². The number of fused-ring (bicyclic) bond motifs is 1. The lowest BCUT2D eigenvalue weighted by atomic mass is 9.94. The van der Waals surface area contributed by atoms with Crippen molar-refractivity contribution in [3.05, 3.63) is 70.4 Å². The number of phenols is 1. The number of amides is 1. The van der Waals surface area contributed by atoms with Gasteiger partial charge in [0.05, 0.1) is 18.7 Å². The van der Waals surface area contributed by atoms with E-state index in [-0.39, 0.29) is 18.3 Å². The van der Waals surface area contributed by atoms with Crippen LogP contribution in [-0.2, 0) is 4.74 Å². The summed E-state index contributed by atoms with van der Waals surface area (Å²) in [7, 11) is 1.32. The van der Waals surface area contributed by atoms with Gasteiger partial charge in [-0.3, -0.25) is 9.89 Å². The molecule has 160 valence electrons. The Kier molecular flexibility index (Phi) is 5.48. The van der Waals surface area contributed by atoms with Crippen LogP contribution in [0.25, 0.3) is 11.3 Å². The number of H-pyrrole nitrogens is 1. The number of aliphatic hydroxyl groups excluding tert-OH is 1. The van der Waals surface area contributed by atoms with E-state index in [1.54, 1.807) is 41.3 Å². The van der Waals surface area contributed by atoms with Gasteiger partial charge in [-0.25, -0.2) is 4.79 Å². The van der Waals surface area contributed by atoms with E-state index in [1.807, 2.05) is 13.0 Å². The molecule has 0 saturated carbocycles. The molecule has 8 heteroatoms. The van der Waals surface area contributed by atoms with Crippen LogP contribution >= 0.6 is 0 Å². The number of esters is 1. The molecule has 3 N–H and O–H groups in total. The van der Waals surface area contributed by atoms with Crippen molar-refractivity contribution in [3.63, 3.8) is 0 Å². The van der Waals surface area contributed by atoms with E-state index in [0.717, 1.165) is 11.1 Å². The maximum absolute atomic E-state index is 13.1. The van der Waals surface area contributed by atoms with Crippen LogP contribution in [0, 0.1) is 6.92 Å². The number of benzene rings is 2. The summed E-state index contributed by atoms with van der Waals surface area (Å²) in [5.41, 5.74) is 4.13. The number of aromatic nitrogens is 2.